The van der Waals surface area contributed by atoms with E-state index in [0.29, 0.717) is 6.61 Å². The van der Waals surface area contributed by atoms with Gasteiger partial charge >= 0.3 is 0 Å². The molecule has 0 spiro atoms. The molecule has 1 amide bonds. The Morgan fingerprint density at radius 3 is 2.45 bits per heavy atom. The molecule has 22 heavy (non-hydrogen) atoms. The molecular formula is C19H23NO2. The van der Waals surface area contributed by atoms with E-state index in [1.807, 2.05) is 58.0 Å². The Morgan fingerprint density at radius 2 is 1.77 bits per heavy atom. The van der Waals surface area contributed by atoms with Crippen molar-refractivity contribution in [3.05, 3.63) is 70.8 Å². The summed E-state index contributed by atoms with van der Waals surface area (Å²) >= 11 is 0. The highest BCUT2D eigenvalue weighted by atomic mass is 16.6. The van der Waals surface area contributed by atoms with Crippen LogP contribution in [0.15, 0.2) is 48.5 Å². The van der Waals surface area contributed by atoms with Crippen LogP contribution in [0.5, 0.6) is 0 Å². The summed E-state index contributed by atoms with van der Waals surface area (Å²) in [6, 6.07) is 15.9. The molecule has 0 fully saturated rings. The lowest BCUT2D eigenvalue weighted by Gasteiger charge is -2.23. The van der Waals surface area contributed by atoms with Gasteiger partial charge in [0.25, 0.3) is 5.91 Å². The van der Waals surface area contributed by atoms with Gasteiger partial charge in [-0.05, 0) is 44.4 Å². The van der Waals surface area contributed by atoms with Gasteiger partial charge in [0.05, 0.1) is 5.41 Å². The Kier molecular flexibility index (Phi) is 4.99. The molecule has 0 saturated heterocycles. The number of rotatable bonds is 5. The number of hydrogen-bond acceptors (Lipinski definition) is 2. The van der Waals surface area contributed by atoms with Crippen LogP contribution in [0.3, 0.4) is 0 Å². The lowest BCUT2D eigenvalue weighted by molar-refractivity contribution is -0.139. The molecule has 1 N–H and O–H groups in total. The minimum atomic E-state index is -0.636. The number of aryl methyl sites for hydroxylation is 2. The Hall–Kier alpha value is -2.13. The summed E-state index contributed by atoms with van der Waals surface area (Å²) in [6.07, 6.45) is 0. The van der Waals surface area contributed by atoms with Crippen molar-refractivity contribution in [3.8, 4) is 0 Å². The smallest absolute Gasteiger partial charge is 0.253 e. The van der Waals surface area contributed by atoms with Gasteiger partial charge in [0, 0.05) is 0 Å². The molecule has 0 saturated carbocycles. The van der Waals surface area contributed by atoms with E-state index in [2.05, 4.69) is 23.7 Å². The highest BCUT2D eigenvalue weighted by Gasteiger charge is 2.29. The first-order chi connectivity index (χ1) is 10.4. The third kappa shape index (κ3) is 3.74. The first-order valence-electron chi connectivity index (χ1n) is 7.45. The van der Waals surface area contributed by atoms with Crippen molar-refractivity contribution >= 4 is 5.91 Å². The van der Waals surface area contributed by atoms with E-state index in [9.17, 15) is 4.79 Å². The van der Waals surface area contributed by atoms with Crippen molar-refractivity contribution < 1.29 is 9.63 Å². The van der Waals surface area contributed by atoms with Crippen LogP contribution in [0.4, 0.5) is 0 Å². The van der Waals surface area contributed by atoms with Gasteiger partial charge in [0.1, 0.15) is 6.61 Å². The number of hydrogen-bond donors (Lipinski definition) is 1. The second kappa shape index (κ2) is 6.75. The summed E-state index contributed by atoms with van der Waals surface area (Å²) in [7, 11) is 0. The van der Waals surface area contributed by atoms with Crippen LogP contribution in [0, 0.1) is 13.8 Å². The van der Waals surface area contributed by atoms with Crippen LogP contribution in [-0.2, 0) is 21.7 Å². The average Bonchev–Trinajstić information content (AvgIpc) is 2.51. The highest BCUT2D eigenvalue weighted by molar-refractivity contribution is 5.86. The molecule has 0 aliphatic carbocycles. The van der Waals surface area contributed by atoms with Gasteiger partial charge in [0.15, 0.2) is 0 Å². The van der Waals surface area contributed by atoms with E-state index in [-0.39, 0.29) is 5.91 Å². The normalized spacial score (nSPS) is 11.3. The van der Waals surface area contributed by atoms with Crippen molar-refractivity contribution in [2.24, 2.45) is 0 Å². The van der Waals surface area contributed by atoms with Gasteiger partial charge in [-0.15, -0.1) is 0 Å². The third-order valence-electron chi connectivity index (χ3n) is 3.96. The van der Waals surface area contributed by atoms with Crippen LogP contribution in [-0.4, -0.2) is 5.91 Å². The Bertz CT molecular complexity index is 648. The van der Waals surface area contributed by atoms with Gasteiger partial charge < -0.3 is 0 Å². The maximum Gasteiger partial charge on any atom is 0.253 e. The Morgan fingerprint density at radius 1 is 1.09 bits per heavy atom. The fourth-order valence-electron chi connectivity index (χ4n) is 2.25. The molecule has 0 aliphatic heterocycles. The second-order valence-electron chi connectivity index (χ2n) is 6.14. The van der Waals surface area contributed by atoms with Crippen molar-refractivity contribution in [1.82, 2.24) is 5.48 Å². The number of amides is 1. The molecule has 0 aliphatic rings. The molecule has 116 valence electrons. The minimum Gasteiger partial charge on any atom is -0.272 e. The molecule has 0 aromatic heterocycles. The molecule has 0 unspecified atom stereocenters. The van der Waals surface area contributed by atoms with Crippen LogP contribution < -0.4 is 5.48 Å². The predicted octanol–water partition coefficient (Wildman–Crippen LogP) is 3.83. The van der Waals surface area contributed by atoms with E-state index >= 15 is 0 Å². The number of hydroxylamine groups is 1. The Balaban J connectivity index is 1.97. The molecule has 0 heterocycles. The minimum absolute atomic E-state index is 0.149. The molecule has 0 atom stereocenters. The molecule has 2 aromatic carbocycles. The zero-order valence-electron chi connectivity index (χ0n) is 13.6. The lowest BCUT2D eigenvalue weighted by Crippen LogP contribution is -2.40. The first kappa shape index (κ1) is 16.2. The standard InChI is InChI=1S/C19H23NO2/c1-14-10-11-15(2)16(12-14)13-22-20-18(21)19(3,4)17-8-6-5-7-9-17/h5-12H,13H2,1-4H3,(H,20,21). The number of carbonyl (C=O) groups excluding carboxylic acids is 1. The van der Waals surface area contributed by atoms with E-state index in [0.717, 1.165) is 16.7 Å². The van der Waals surface area contributed by atoms with Gasteiger partial charge in [-0.1, -0.05) is 54.1 Å². The van der Waals surface area contributed by atoms with E-state index in [4.69, 9.17) is 4.84 Å². The topological polar surface area (TPSA) is 38.3 Å². The van der Waals surface area contributed by atoms with Crippen molar-refractivity contribution in [1.29, 1.82) is 0 Å². The molecule has 2 aromatic rings. The van der Waals surface area contributed by atoms with Gasteiger partial charge in [-0.3, -0.25) is 9.63 Å². The fourth-order valence-corrected chi connectivity index (χ4v) is 2.25. The van der Waals surface area contributed by atoms with E-state index in [1.54, 1.807) is 0 Å². The summed E-state index contributed by atoms with van der Waals surface area (Å²) in [6.45, 7) is 8.22. The fraction of sp³-hybridized carbons (Fsp3) is 0.316. The molecule has 3 heteroatoms. The average molecular weight is 297 g/mol. The van der Waals surface area contributed by atoms with Crippen LogP contribution in [0.1, 0.15) is 36.1 Å². The molecule has 3 nitrogen and oxygen atoms in total. The number of nitrogens with one attached hydrogen (secondary N) is 1. The maximum absolute atomic E-state index is 12.4. The number of carbonyl (C=O) groups is 1. The lowest BCUT2D eigenvalue weighted by atomic mass is 9.84. The number of benzene rings is 2. The molecule has 2 rings (SSSR count). The third-order valence-corrected chi connectivity index (χ3v) is 3.96. The zero-order chi connectivity index (χ0) is 16.2. The first-order valence-corrected chi connectivity index (χ1v) is 7.45. The van der Waals surface area contributed by atoms with Gasteiger partial charge in [0.2, 0.25) is 0 Å². The molecular weight excluding hydrogens is 274 g/mol. The summed E-state index contributed by atoms with van der Waals surface area (Å²) in [5, 5.41) is 0. The molecule has 0 bridgehead atoms. The van der Waals surface area contributed by atoms with Crippen LogP contribution in [0.25, 0.3) is 0 Å². The maximum atomic E-state index is 12.4. The van der Waals surface area contributed by atoms with E-state index in [1.165, 1.54) is 5.56 Å². The van der Waals surface area contributed by atoms with Gasteiger partial charge in [-0.25, -0.2) is 5.48 Å². The van der Waals surface area contributed by atoms with Crippen LogP contribution >= 0.6 is 0 Å². The van der Waals surface area contributed by atoms with Crippen molar-refractivity contribution in [2.45, 2.75) is 39.7 Å². The predicted molar refractivity (Wildman–Crippen MR) is 88.3 cm³/mol. The summed E-state index contributed by atoms with van der Waals surface area (Å²) in [4.78, 5) is 17.8. The second-order valence-corrected chi connectivity index (χ2v) is 6.14. The van der Waals surface area contributed by atoms with Gasteiger partial charge in [-0.2, -0.15) is 0 Å². The van der Waals surface area contributed by atoms with E-state index < -0.39 is 5.41 Å². The quantitative estimate of drug-likeness (QED) is 0.852. The van der Waals surface area contributed by atoms with Crippen LogP contribution in [0.2, 0.25) is 0 Å². The monoisotopic (exact) mass is 297 g/mol. The summed E-state index contributed by atoms with van der Waals surface area (Å²) < 4.78 is 0. The molecule has 0 radical (unpaired) electrons. The zero-order valence-corrected chi connectivity index (χ0v) is 13.6. The SMILES string of the molecule is Cc1ccc(C)c(CONC(=O)C(C)(C)c2ccccc2)c1. The largest absolute Gasteiger partial charge is 0.272 e. The summed E-state index contributed by atoms with van der Waals surface area (Å²) in [5.74, 6) is -0.149. The van der Waals surface area contributed by atoms with Crippen molar-refractivity contribution in [2.75, 3.05) is 0 Å². The Labute approximate surface area is 132 Å². The highest BCUT2D eigenvalue weighted by Crippen LogP contribution is 2.23. The van der Waals surface area contributed by atoms with Crippen molar-refractivity contribution in [3.63, 3.8) is 0 Å². The summed E-state index contributed by atoms with van der Waals surface area (Å²) in [5.41, 5.74) is 6.32.